The minimum Gasteiger partial charge on any atom is -0.743 e. The maximum Gasteiger partial charge on any atom is 0.364 e. The number of esters is 2. The zero-order valence-corrected chi connectivity index (χ0v) is 21.2. The van der Waals surface area contributed by atoms with Crippen molar-refractivity contribution in [1.29, 1.82) is 0 Å². The predicted octanol–water partition coefficient (Wildman–Crippen LogP) is 3.77. The molecule has 1 aromatic carbocycles. The van der Waals surface area contributed by atoms with Crippen LogP contribution in [-0.2, 0) is 24.4 Å². The first kappa shape index (κ1) is 25.1. The molecule has 0 radical (unpaired) electrons. The van der Waals surface area contributed by atoms with Crippen molar-refractivity contribution in [2.45, 2.75) is 55.7 Å². The van der Waals surface area contributed by atoms with E-state index >= 15 is 0 Å². The Balaban J connectivity index is 1.30. The van der Waals surface area contributed by atoms with Crippen LogP contribution in [0.25, 0.3) is 0 Å². The number of hydrogen-bond donors (Lipinski definition) is 0. The van der Waals surface area contributed by atoms with Crippen molar-refractivity contribution in [3.05, 3.63) is 27.3 Å². The van der Waals surface area contributed by atoms with Gasteiger partial charge in [0, 0.05) is 21.8 Å². The molecule has 0 saturated heterocycles. The average molecular weight is 629 g/mol. The summed E-state index contributed by atoms with van der Waals surface area (Å²) >= 11 is 2.12. The van der Waals surface area contributed by atoms with E-state index in [1.54, 1.807) is 18.2 Å². The van der Waals surface area contributed by atoms with E-state index in [0.29, 0.717) is 30.6 Å². The van der Waals surface area contributed by atoms with Gasteiger partial charge in [0.15, 0.2) is 16.3 Å². The number of alkyl halides is 3. The van der Waals surface area contributed by atoms with E-state index in [-0.39, 0.29) is 30.6 Å². The van der Waals surface area contributed by atoms with Gasteiger partial charge in [-0.15, -0.1) is 0 Å². The molecule has 4 aliphatic carbocycles. The summed E-state index contributed by atoms with van der Waals surface area (Å²) in [5, 5.41) is -5.11. The third-order valence-electron chi connectivity index (χ3n) is 7.75. The number of rotatable bonds is 6. The van der Waals surface area contributed by atoms with Crippen molar-refractivity contribution in [1.82, 2.24) is 0 Å². The first-order valence-corrected chi connectivity index (χ1v) is 13.6. The Bertz CT molecular complexity index is 1170. The largest absolute Gasteiger partial charge is 0.743 e. The molecular weight excluding hydrogens is 608 g/mol. The second kappa shape index (κ2) is 8.20. The number of halogens is 4. The molecule has 4 bridgehead atoms. The molecule has 35 heavy (non-hydrogen) atoms. The number of carbonyl (C=O) groups is 2. The van der Waals surface area contributed by atoms with Crippen LogP contribution in [-0.4, -0.2) is 48.7 Å². The highest BCUT2D eigenvalue weighted by Crippen LogP contribution is 2.66. The van der Waals surface area contributed by atoms with Crippen molar-refractivity contribution in [2.75, 3.05) is 6.61 Å². The van der Waals surface area contributed by atoms with E-state index in [1.165, 1.54) is 0 Å². The van der Waals surface area contributed by atoms with Crippen LogP contribution < -0.4 is 4.74 Å². The van der Waals surface area contributed by atoms with Crippen LogP contribution in [0.2, 0.25) is 0 Å². The minimum atomic E-state index is -6.19. The molecule has 5 aliphatic rings. The van der Waals surface area contributed by atoms with Gasteiger partial charge in [0.2, 0.25) is 0 Å². The van der Waals surface area contributed by atoms with Gasteiger partial charge in [0.25, 0.3) is 5.79 Å². The predicted molar refractivity (Wildman–Crippen MR) is 119 cm³/mol. The van der Waals surface area contributed by atoms with Crippen molar-refractivity contribution < 1.29 is 49.9 Å². The highest BCUT2D eigenvalue weighted by Gasteiger charge is 2.69. The fraction of sp³-hybridized carbons (Fsp3) is 0.636. The standard InChI is InChI=1S/C22H22F3IO8S/c23-17(22(24,25)35(29,30)31)3-4-32-19(28)20-8-11-5-12(9-20)21(13(6-11)10-20)33-16-7-14(26)1-2-15(16)18(27)34-21/h1-2,7,11-13,17H,3-6,8-10H2,(H,29,30,31)/p-1. The van der Waals surface area contributed by atoms with Crippen LogP contribution in [0.5, 0.6) is 5.75 Å². The first-order chi connectivity index (χ1) is 16.3. The highest BCUT2D eigenvalue weighted by atomic mass is 127. The summed E-state index contributed by atoms with van der Waals surface area (Å²) in [4.78, 5) is 25.8. The van der Waals surface area contributed by atoms with Crippen LogP contribution in [0.4, 0.5) is 13.2 Å². The van der Waals surface area contributed by atoms with E-state index in [1.807, 2.05) is 0 Å². The van der Waals surface area contributed by atoms with Crippen molar-refractivity contribution in [3.8, 4) is 5.75 Å². The summed E-state index contributed by atoms with van der Waals surface area (Å²) in [5.74, 6) is -2.39. The van der Waals surface area contributed by atoms with E-state index < -0.39 is 57.7 Å². The summed E-state index contributed by atoms with van der Waals surface area (Å²) in [6.07, 6.45) is -1.99. The molecular formula is C22H21F3IO8S-. The Morgan fingerprint density at radius 3 is 2.51 bits per heavy atom. The van der Waals surface area contributed by atoms with Crippen molar-refractivity contribution >= 4 is 44.6 Å². The lowest BCUT2D eigenvalue weighted by Gasteiger charge is -2.62. The van der Waals surface area contributed by atoms with Crippen LogP contribution in [0.1, 0.15) is 48.9 Å². The minimum absolute atomic E-state index is 0.147. The van der Waals surface area contributed by atoms with Gasteiger partial charge in [-0.3, -0.25) is 4.79 Å². The van der Waals surface area contributed by atoms with Gasteiger partial charge in [-0.2, -0.15) is 8.78 Å². The lowest BCUT2D eigenvalue weighted by atomic mass is 9.47. The Labute approximate surface area is 212 Å². The molecule has 0 N–H and O–H groups in total. The molecule has 3 atom stereocenters. The summed E-state index contributed by atoms with van der Waals surface area (Å²) in [6.45, 7) is -0.796. The highest BCUT2D eigenvalue weighted by molar-refractivity contribution is 14.1. The Morgan fingerprint density at radius 2 is 1.89 bits per heavy atom. The molecule has 4 saturated carbocycles. The van der Waals surface area contributed by atoms with Gasteiger partial charge in [0.05, 0.1) is 12.0 Å². The van der Waals surface area contributed by atoms with Crippen LogP contribution in [0.15, 0.2) is 18.2 Å². The molecule has 4 fully saturated rings. The van der Waals surface area contributed by atoms with Gasteiger partial charge in [-0.25, -0.2) is 17.6 Å². The Hall–Kier alpha value is -1.61. The zero-order chi connectivity index (χ0) is 25.4. The van der Waals surface area contributed by atoms with E-state index in [2.05, 4.69) is 22.6 Å². The van der Waals surface area contributed by atoms with Gasteiger partial charge in [-0.05, 0) is 78.8 Å². The average Bonchev–Trinajstić information content (AvgIpc) is 2.75. The topological polar surface area (TPSA) is 119 Å². The molecule has 192 valence electrons. The van der Waals surface area contributed by atoms with Gasteiger partial charge < -0.3 is 18.8 Å². The number of hydrogen-bond acceptors (Lipinski definition) is 8. The van der Waals surface area contributed by atoms with Crippen molar-refractivity contribution in [2.24, 2.45) is 23.2 Å². The van der Waals surface area contributed by atoms with Crippen LogP contribution >= 0.6 is 22.6 Å². The fourth-order valence-electron chi connectivity index (χ4n) is 6.38. The maximum atomic E-state index is 13.7. The lowest BCUT2D eigenvalue weighted by Crippen LogP contribution is -2.67. The molecule has 1 heterocycles. The molecule has 1 spiro atoms. The molecule has 0 amide bonds. The quantitative estimate of drug-likeness (QED) is 0.265. The second-order valence-corrected chi connectivity index (χ2v) is 12.6. The molecule has 1 aliphatic heterocycles. The van der Waals surface area contributed by atoms with E-state index in [9.17, 15) is 35.7 Å². The Morgan fingerprint density at radius 1 is 1.23 bits per heavy atom. The number of fused-ring (bicyclic) bond motifs is 1. The zero-order valence-electron chi connectivity index (χ0n) is 18.2. The number of benzene rings is 1. The van der Waals surface area contributed by atoms with Gasteiger partial charge in [-0.1, -0.05) is 0 Å². The van der Waals surface area contributed by atoms with Crippen LogP contribution in [0, 0.1) is 26.7 Å². The van der Waals surface area contributed by atoms with Crippen molar-refractivity contribution in [3.63, 3.8) is 0 Å². The number of carbonyl (C=O) groups excluding carboxylic acids is 2. The summed E-state index contributed by atoms with van der Waals surface area (Å²) in [6, 6.07) is 5.17. The normalized spacial score (nSPS) is 34.2. The molecule has 0 aromatic heterocycles. The smallest absolute Gasteiger partial charge is 0.364 e. The number of ether oxygens (including phenoxy) is 3. The first-order valence-electron chi connectivity index (χ1n) is 11.1. The third kappa shape index (κ3) is 3.92. The Kier molecular flexibility index (Phi) is 5.87. The van der Waals surface area contributed by atoms with Gasteiger partial charge >= 0.3 is 17.2 Å². The maximum absolute atomic E-state index is 13.7. The molecule has 13 heteroatoms. The lowest BCUT2D eigenvalue weighted by molar-refractivity contribution is -0.294. The molecule has 8 nitrogen and oxygen atoms in total. The third-order valence-corrected chi connectivity index (χ3v) is 9.34. The summed E-state index contributed by atoms with van der Waals surface area (Å²) < 4.78 is 90.4. The summed E-state index contributed by atoms with van der Waals surface area (Å²) in [7, 11) is -6.19. The molecule has 6 rings (SSSR count). The van der Waals surface area contributed by atoms with Gasteiger partial charge in [0.1, 0.15) is 11.3 Å². The second-order valence-electron chi connectivity index (χ2n) is 9.89. The van der Waals surface area contributed by atoms with E-state index in [0.717, 1.165) is 3.57 Å². The molecule has 3 unspecified atom stereocenters. The monoisotopic (exact) mass is 629 g/mol. The fourth-order valence-corrected chi connectivity index (χ4v) is 7.28. The summed E-state index contributed by atoms with van der Waals surface area (Å²) in [5.41, 5.74) is -0.626. The molecule has 1 aromatic rings. The van der Waals surface area contributed by atoms with Crippen LogP contribution in [0.3, 0.4) is 0 Å². The SMILES string of the molecule is O=C1OC2(Oc3cc(I)ccc31)C1CC3CC2CC(C(=O)OCCC(F)C(F)(F)S(=O)(=O)[O-])(C3)C1. The van der Waals surface area contributed by atoms with E-state index in [4.69, 9.17) is 14.2 Å².